The van der Waals surface area contributed by atoms with Crippen molar-refractivity contribution in [3.8, 4) is 5.75 Å². The van der Waals surface area contributed by atoms with Crippen LogP contribution in [0.5, 0.6) is 5.75 Å². The predicted molar refractivity (Wildman–Crippen MR) is 92.9 cm³/mol. The molecule has 0 saturated heterocycles. The largest absolute Gasteiger partial charge is 0.492 e. The van der Waals surface area contributed by atoms with Crippen molar-refractivity contribution in [3.05, 3.63) is 62.7 Å². The zero-order valence-corrected chi connectivity index (χ0v) is 14.3. The fraction of sp³-hybridized carbons (Fsp3) is 0.235. The van der Waals surface area contributed by atoms with Crippen LogP contribution in [0.1, 0.15) is 21.5 Å². The van der Waals surface area contributed by atoms with Crippen LogP contribution in [0, 0.1) is 17.4 Å². The van der Waals surface area contributed by atoms with E-state index in [2.05, 4.69) is 34.0 Å². The highest BCUT2D eigenvalue weighted by atomic mass is 127. The van der Waals surface area contributed by atoms with Gasteiger partial charge in [-0.25, -0.2) is 0 Å². The average molecular weight is 395 g/mol. The van der Waals surface area contributed by atoms with Gasteiger partial charge < -0.3 is 10.1 Å². The lowest BCUT2D eigenvalue weighted by Gasteiger charge is -2.09. The minimum Gasteiger partial charge on any atom is -0.492 e. The first-order valence-corrected chi connectivity index (χ1v) is 7.87. The van der Waals surface area contributed by atoms with Crippen molar-refractivity contribution in [2.24, 2.45) is 0 Å². The Bertz CT molecular complexity index is 603. The lowest BCUT2D eigenvalue weighted by molar-refractivity contribution is 0.0947. The Morgan fingerprint density at radius 3 is 2.33 bits per heavy atom. The van der Waals surface area contributed by atoms with Crippen LogP contribution in [0.2, 0.25) is 0 Å². The van der Waals surface area contributed by atoms with E-state index in [9.17, 15) is 4.79 Å². The molecule has 3 nitrogen and oxygen atoms in total. The number of halogens is 1. The summed E-state index contributed by atoms with van der Waals surface area (Å²) in [5.41, 5.74) is 3.02. The summed E-state index contributed by atoms with van der Waals surface area (Å²) >= 11 is 2.21. The standard InChI is InChI=1S/C17H18INO2/c1-12-9-13(2)11-16(10-12)21-8-7-19-17(20)14-3-5-15(18)6-4-14/h3-6,9-11H,7-8H2,1-2H3,(H,19,20). The van der Waals surface area contributed by atoms with Gasteiger partial charge in [-0.1, -0.05) is 6.07 Å². The maximum Gasteiger partial charge on any atom is 0.251 e. The molecule has 4 heteroatoms. The van der Waals surface area contributed by atoms with E-state index in [1.165, 1.54) is 11.1 Å². The van der Waals surface area contributed by atoms with Gasteiger partial charge in [0.15, 0.2) is 0 Å². The summed E-state index contributed by atoms with van der Waals surface area (Å²) in [6, 6.07) is 13.6. The quantitative estimate of drug-likeness (QED) is 0.619. The van der Waals surface area contributed by atoms with Crippen LogP contribution in [0.4, 0.5) is 0 Å². The van der Waals surface area contributed by atoms with Crippen LogP contribution in [-0.2, 0) is 0 Å². The van der Waals surface area contributed by atoms with Gasteiger partial charge in [0.25, 0.3) is 5.91 Å². The van der Waals surface area contributed by atoms with E-state index in [0.29, 0.717) is 18.7 Å². The number of amides is 1. The monoisotopic (exact) mass is 395 g/mol. The Labute approximate surface area is 138 Å². The summed E-state index contributed by atoms with van der Waals surface area (Å²) in [5, 5.41) is 2.85. The molecule has 110 valence electrons. The molecule has 21 heavy (non-hydrogen) atoms. The van der Waals surface area contributed by atoms with Crippen LogP contribution in [-0.4, -0.2) is 19.1 Å². The van der Waals surface area contributed by atoms with Gasteiger partial charge in [0, 0.05) is 9.13 Å². The number of carbonyl (C=O) groups excluding carboxylic acids is 1. The second-order valence-corrected chi connectivity index (χ2v) is 6.18. The lowest BCUT2D eigenvalue weighted by Crippen LogP contribution is -2.28. The maximum atomic E-state index is 11.9. The van der Waals surface area contributed by atoms with Crippen LogP contribution in [0.15, 0.2) is 42.5 Å². The minimum absolute atomic E-state index is 0.0737. The van der Waals surface area contributed by atoms with E-state index in [1.54, 1.807) is 0 Å². The smallest absolute Gasteiger partial charge is 0.251 e. The Kier molecular flexibility index (Phi) is 5.61. The van der Waals surface area contributed by atoms with Gasteiger partial charge in [-0.05, 0) is 84.0 Å². The molecule has 0 aliphatic heterocycles. The van der Waals surface area contributed by atoms with Gasteiger partial charge in [0.2, 0.25) is 0 Å². The summed E-state index contributed by atoms with van der Waals surface area (Å²) in [5.74, 6) is 0.770. The molecular weight excluding hydrogens is 377 g/mol. The van der Waals surface area contributed by atoms with Crippen molar-refractivity contribution < 1.29 is 9.53 Å². The molecule has 1 N–H and O–H groups in total. The van der Waals surface area contributed by atoms with Crippen LogP contribution >= 0.6 is 22.6 Å². The summed E-state index contributed by atoms with van der Waals surface area (Å²) in [7, 11) is 0. The summed E-state index contributed by atoms with van der Waals surface area (Å²) in [4.78, 5) is 11.9. The van der Waals surface area contributed by atoms with Crippen LogP contribution < -0.4 is 10.1 Å². The highest BCUT2D eigenvalue weighted by Gasteiger charge is 2.04. The number of hydrogen-bond acceptors (Lipinski definition) is 2. The molecule has 0 aliphatic rings. The van der Waals surface area contributed by atoms with E-state index in [4.69, 9.17) is 4.74 Å². The zero-order chi connectivity index (χ0) is 15.2. The topological polar surface area (TPSA) is 38.3 Å². The fourth-order valence-electron chi connectivity index (χ4n) is 2.05. The van der Waals surface area contributed by atoms with Gasteiger partial charge in [-0.3, -0.25) is 4.79 Å². The van der Waals surface area contributed by atoms with E-state index in [1.807, 2.05) is 50.2 Å². The Morgan fingerprint density at radius 1 is 1.10 bits per heavy atom. The minimum atomic E-state index is -0.0737. The van der Waals surface area contributed by atoms with Gasteiger partial charge in [-0.2, -0.15) is 0 Å². The molecule has 2 aromatic rings. The van der Waals surface area contributed by atoms with Crippen molar-refractivity contribution in [1.29, 1.82) is 0 Å². The molecule has 0 aromatic heterocycles. The van der Waals surface area contributed by atoms with Gasteiger partial charge in [-0.15, -0.1) is 0 Å². The third-order valence-corrected chi connectivity index (χ3v) is 3.68. The van der Waals surface area contributed by atoms with Gasteiger partial charge in [0.1, 0.15) is 12.4 Å². The molecule has 1 amide bonds. The molecule has 2 aromatic carbocycles. The van der Waals surface area contributed by atoms with Crippen molar-refractivity contribution in [1.82, 2.24) is 5.32 Å². The van der Waals surface area contributed by atoms with Crippen molar-refractivity contribution >= 4 is 28.5 Å². The Hall–Kier alpha value is -1.56. The first-order chi connectivity index (χ1) is 10.0. The first kappa shape index (κ1) is 15.8. The van der Waals surface area contributed by atoms with Crippen molar-refractivity contribution in [2.75, 3.05) is 13.2 Å². The third kappa shape index (κ3) is 5.04. The molecule has 0 atom stereocenters. The van der Waals surface area contributed by atoms with Crippen LogP contribution in [0.25, 0.3) is 0 Å². The molecule has 0 aliphatic carbocycles. The van der Waals surface area contributed by atoms with Crippen molar-refractivity contribution in [2.45, 2.75) is 13.8 Å². The third-order valence-electron chi connectivity index (χ3n) is 2.96. The molecule has 0 spiro atoms. The van der Waals surface area contributed by atoms with E-state index < -0.39 is 0 Å². The molecule has 0 bridgehead atoms. The second-order valence-electron chi connectivity index (χ2n) is 4.93. The summed E-state index contributed by atoms with van der Waals surface area (Å²) in [6.07, 6.45) is 0. The lowest BCUT2D eigenvalue weighted by atomic mass is 10.1. The predicted octanol–water partition coefficient (Wildman–Crippen LogP) is 3.72. The number of rotatable bonds is 5. The SMILES string of the molecule is Cc1cc(C)cc(OCCNC(=O)c2ccc(I)cc2)c1. The van der Waals surface area contributed by atoms with Crippen LogP contribution in [0.3, 0.4) is 0 Å². The number of aryl methyl sites for hydroxylation is 2. The second kappa shape index (κ2) is 7.45. The average Bonchev–Trinajstić information content (AvgIpc) is 2.43. The Balaban J connectivity index is 1.79. The maximum absolute atomic E-state index is 11.9. The highest BCUT2D eigenvalue weighted by molar-refractivity contribution is 14.1. The molecule has 0 heterocycles. The first-order valence-electron chi connectivity index (χ1n) is 6.79. The number of hydrogen-bond donors (Lipinski definition) is 1. The molecule has 0 unspecified atom stereocenters. The number of benzene rings is 2. The molecule has 0 saturated carbocycles. The number of nitrogens with one attached hydrogen (secondary N) is 1. The number of carbonyl (C=O) groups is 1. The molecule has 0 fully saturated rings. The highest BCUT2D eigenvalue weighted by Crippen LogP contribution is 2.15. The molecule has 2 rings (SSSR count). The van der Waals surface area contributed by atoms with E-state index in [-0.39, 0.29) is 5.91 Å². The van der Waals surface area contributed by atoms with Crippen molar-refractivity contribution in [3.63, 3.8) is 0 Å². The molecular formula is C17H18INO2. The van der Waals surface area contributed by atoms with E-state index >= 15 is 0 Å². The number of ether oxygens (including phenoxy) is 1. The zero-order valence-electron chi connectivity index (χ0n) is 12.2. The van der Waals surface area contributed by atoms with Gasteiger partial charge >= 0.3 is 0 Å². The fourth-order valence-corrected chi connectivity index (χ4v) is 2.41. The summed E-state index contributed by atoms with van der Waals surface area (Å²) in [6.45, 7) is 5.02. The normalized spacial score (nSPS) is 10.2. The van der Waals surface area contributed by atoms with Gasteiger partial charge in [0.05, 0.1) is 6.54 Å². The summed E-state index contributed by atoms with van der Waals surface area (Å²) < 4.78 is 6.77. The van der Waals surface area contributed by atoms with E-state index in [0.717, 1.165) is 9.32 Å². The Morgan fingerprint density at radius 2 is 1.71 bits per heavy atom. The molecule has 0 radical (unpaired) electrons.